The maximum absolute atomic E-state index is 3.91. The number of tetrazole rings is 1. The van der Waals surface area contributed by atoms with Gasteiger partial charge in [-0.05, 0) is 16.8 Å². The molecule has 12 heavy (non-hydrogen) atoms. The summed E-state index contributed by atoms with van der Waals surface area (Å²) >= 11 is 3.58. The Hall–Kier alpha value is -0.450. The number of hydrogen-bond acceptors (Lipinski definition) is 3. The Morgan fingerprint density at radius 1 is 1.58 bits per heavy atom. The van der Waals surface area contributed by atoms with E-state index in [0.29, 0.717) is 4.83 Å². The summed E-state index contributed by atoms with van der Waals surface area (Å²) in [6.45, 7) is 2.17. The molecule has 1 atom stereocenters. The Morgan fingerprint density at radius 3 is 2.83 bits per heavy atom. The average Bonchev–Trinajstić information content (AvgIpc) is 2.37. The van der Waals surface area contributed by atoms with Crippen molar-refractivity contribution >= 4 is 15.9 Å². The predicted molar refractivity (Wildman–Crippen MR) is 50.1 cm³/mol. The van der Waals surface area contributed by atoms with Gasteiger partial charge in [-0.15, -0.1) is 5.10 Å². The average molecular weight is 233 g/mol. The van der Waals surface area contributed by atoms with Crippen LogP contribution in [0.15, 0.2) is 0 Å². The van der Waals surface area contributed by atoms with Crippen molar-refractivity contribution in [3.63, 3.8) is 0 Å². The van der Waals surface area contributed by atoms with Gasteiger partial charge in [-0.3, -0.25) is 0 Å². The largest absolute Gasteiger partial charge is 0.233 e. The number of halogens is 1. The van der Waals surface area contributed by atoms with Crippen molar-refractivity contribution in [2.45, 2.75) is 31.0 Å². The fourth-order valence-electron chi connectivity index (χ4n) is 1.03. The predicted octanol–water partition coefficient (Wildman–Crippen LogP) is 1.32. The van der Waals surface area contributed by atoms with E-state index in [1.54, 1.807) is 4.68 Å². The third-order valence-electron chi connectivity index (χ3n) is 1.71. The lowest BCUT2D eigenvalue weighted by molar-refractivity contribution is 0.649. The van der Waals surface area contributed by atoms with Gasteiger partial charge in [0.2, 0.25) is 0 Å². The maximum Gasteiger partial charge on any atom is 0.152 e. The molecule has 0 saturated heterocycles. The van der Waals surface area contributed by atoms with E-state index in [1.165, 1.54) is 6.42 Å². The molecule has 0 amide bonds. The van der Waals surface area contributed by atoms with Crippen molar-refractivity contribution in [2.75, 3.05) is 0 Å². The van der Waals surface area contributed by atoms with Gasteiger partial charge in [0.1, 0.15) is 0 Å². The van der Waals surface area contributed by atoms with Crippen LogP contribution in [0.1, 0.15) is 25.6 Å². The van der Waals surface area contributed by atoms with Crippen LogP contribution in [0.3, 0.4) is 0 Å². The monoisotopic (exact) mass is 232 g/mol. The van der Waals surface area contributed by atoms with Crippen molar-refractivity contribution in [3.05, 3.63) is 5.82 Å². The second-order valence-corrected chi connectivity index (χ2v) is 4.10. The highest BCUT2D eigenvalue weighted by Crippen LogP contribution is 2.12. The first kappa shape index (κ1) is 9.64. The number of hydrogen-bond donors (Lipinski definition) is 0. The van der Waals surface area contributed by atoms with Crippen LogP contribution in [0.5, 0.6) is 0 Å². The molecule has 0 N–H and O–H groups in total. The van der Waals surface area contributed by atoms with Gasteiger partial charge in [0.05, 0.1) is 0 Å². The molecular formula is C7H13BrN4. The fourth-order valence-corrected chi connectivity index (χ4v) is 1.78. The van der Waals surface area contributed by atoms with E-state index in [-0.39, 0.29) is 0 Å². The van der Waals surface area contributed by atoms with E-state index in [1.807, 2.05) is 7.05 Å². The molecule has 1 heterocycles. The molecule has 1 aromatic heterocycles. The van der Waals surface area contributed by atoms with Crippen molar-refractivity contribution < 1.29 is 0 Å². The molecule has 0 radical (unpaired) electrons. The summed E-state index contributed by atoms with van der Waals surface area (Å²) in [5, 5.41) is 11.3. The van der Waals surface area contributed by atoms with Crippen molar-refractivity contribution in [3.8, 4) is 0 Å². The summed E-state index contributed by atoms with van der Waals surface area (Å²) in [7, 11) is 1.86. The zero-order valence-electron chi connectivity index (χ0n) is 7.37. The van der Waals surface area contributed by atoms with Crippen LogP contribution < -0.4 is 0 Å². The highest BCUT2D eigenvalue weighted by atomic mass is 79.9. The summed E-state index contributed by atoms with van der Waals surface area (Å²) in [6.07, 6.45) is 3.24. The first-order valence-corrected chi connectivity index (χ1v) is 5.01. The number of nitrogens with zero attached hydrogens (tertiary/aromatic N) is 4. The molecule has 0 aliphatic heterocycles. The number of rotatable bonds is 4. The van der Waals surface area contributed by atoms with Gasteiger partial charge >= 0.3 is 0 Å². The third kappa shape index (κ3) is 2.55. The molecule has 1 unspecified atom stereocenters. The van der Waals surface area contributed by atoms with Gasteiger partial charge in [0.25, 0.3) is 0 Å². The van der Waals surface area contributed by atoms with E-state index in [2.05, 4.69) is 38.4 Å². The van der Waals surface area contributed by atoms with Crippen LogP contribution in [0, 0.1) is 0 Å². The van der Waals surface area contributed by atoms with Crippen LogP contribution in [0.25, 0.3) is 0 Å². The lowest BCUT2D eigenvalue weighted by atomic mass is 10.2. The van der Waals surface area contributed by atoms with Gasteiger partial charge in [0, 0.05) is 18.3 Å². The molecule has 1 rings (SSSR count). The third-order valence-corrected chi connectivity index (χ3v) is 2.50. The molecule has 0 aliphatic rings. The Labute approximate surface area is 80.5 Å². The topological polar surface area (TPSA) is 43.6 Å². The molecule has 5 heteroatoms. The highest BCUT2D eigenvalue weighted by molar-refractivity contribution is 9.09. The van der Waals surface area contributed by atoms with Gasteiger partial charge in [-0.1, -0.05) is 29.3 Å². The van der Waals surface area contributed by atoms with Crippen LogP contribution >= 0.6 is 15.9 Å². The molecular weight excluding hydrogens is 220 g/mol. The smallest absolute Gasteiger partial charge is 0.152 e. The summed E-state index contributed by atoms with van der Waals surface area (Å²) < 4.78 is 1.71. The van der Waals surface area contributed by atoms with Crippen molar-refractivity contribution in [1.82, 2.24) is 20.2 Å². The van der Waals surface area contributed by atoms with Crippen LogP contribution in [0.2, 0.25) is 0 Å². The highest BCUT2D eigenvalue weighted by Gasteiger charge is 2.08. The number of alkyl halides is 1. The molecule has 0 bridgehead atoms. The number of aryl methyl sites for hydroxylation is 1. The van der Waals surface area contributed by atoms with Crippen LogP contribution in [-0.2, 0) is 13.5 Å². The quantitative estimate of drug-likeness (QED) is 0.736. The molecule has 0 aromatic carbocycles. The zero-order valence-corrected chi connectivity index (χ0v) is 8.95. The van der Waals surface area contributed by atoms with E-state index in [0.717, 1.165) is 18.7 Å². The lowest BCUT2D eigenvalue weighted by Gasteiger charge is -2.05. The fraction of sp³-hybridized carbons (Fsp3) is 0.857. The molecule has 0 saturated carbocycles. The van der Waals surface area contributed by atoms with E-state index >= 15 is 0 Å². The summed E-state index contributed by atoms with van der Waals surface area (Å²) in [5.74, 6) is 0.935. The first-order chi connectivity index (χ1) is 5.74. The number of aromatic nitrogens is 4. The molecule has 1 aromatic rings. The van der Waals surface area contributed by atoms with Gasteiger partial charge < -0.3 is 0 Å². The normalized spacial score (nSPS) is 13.2. The summed E-state index contributed by atoms with van der Waals surface area (Å²) in [5.41, 5.74) is 0. The van der Waals surface area contributed by atoms with Crippen molar-refractivity contribution in [1.29, 1.82) is 0 Å². The van der Waals surface area contributed by atoms with Crippen LogP contribution in [-0.4, -0.2) is 25.0 Å². The standard InChI is InChI=1S/C7H13BrN4/c1-3-4-6(8)5-7-9-10-11-12(7)2/h6H,3-5H2,1-2H3. The SMILES string of the molecule is CCCC(Br)Cc1nnnn1C. The molecule has 0 fully saturated rings. The van der Waals surface area contributed by atoms with E-state index < -0.39 is 0 Å². The molecule has 0 aliphatic carbocycles. The maximum atomic E-state index is 3.91. The minimum atomic E-state index is 0.493. The van der Waals surface area contributed by atoms with E-state index in [4.69, 9.17) is 0 Å². The summed E-state index contributed by atoms with van der Waals surface area (Å²) in [4.78, 5) is 0.493. The zero-order chi connectivity index (χ0) is 8.97. The van der Waals surface area contributed by atoms with Crippen molar-refractivity contribution in [2.24, 2.45) is 7.05 Å². The lowest BCUT2D eigenvalue weighted by Crippen LogP contribution is -2.08. The Balaban J connectivity index is 2.46. The summed E-state index contributed by atoms with van der Waals surface area (Å²) in [6, 6.07) is 0. The second kappa shape index (κ2) is 4.54. The van der Waals surface area contributed by atoms with Gasteiger partial charge in [-0.25, -0.2) is 4.68 Å². The van der Waals surface area contributed by atoms with Gasteiger partial charge in [-0.2, -0.15) is 0 Å². The molecule has 4 nitrogen and oxygen atoms in total. The minimum absolute atomic E-state index is 0.493. The minimum Gasteiger partial charge on any atom is -0.233 e. The van der Waals surface area contributed by atoms with Gasteiger partial charge in [0.15, 0.2) is 5.82 Å². The first-order valence-electron chi connectivity index (χ1n) is 4.09. The Bertz CT molecular complexity index is 235. The molecule has 68 valence electrons. The van der Waals surface area contributed by atoms with E-state index in [9.17, 15) is 0 Å². The molecule has 0 spiro atoms. The Kier molecular flexibility index (Phi) is 3.65. The second-order valence-electron chi connectivity index (χ2n) is 2.81. The Morgan fingerprint density at radius 2 is 2.33 bits per heavy atom. The van der Waals surface area contributed by atoms with Crippen LogP contribution in [0.4, 0.5) is 0 Å².